The van der Waals surface area contributed by atoms with Crippen LogP contribution in [0.2, 0.25) is 0 Å². The number of aromatic amines is 1. The van der Waals surface area contributed by atoms with Crippen LogP contribution in [0.4, 0.5) is 0 Å². The van der Waals surface area contributed by atoms with E-state index >= 15 is 0 Å². The summed E-state index contributed by atoms with van der Waals surface area (Å²) in [5.74, 6) is -0.455. The third-order valence-corrected chi connectivity index (χ3v) is 3.83. The van der Waals surface area contributed by atoms with Crippen LogP contribution in [0, 0.1) is 0 Å². The fourth-order valence-electron chi connectivity index (χ4n) is 2.64. The van der Waals surface area contributed by atoms with Crippen LogP contribution in [0.25, 0.3) is 0 Å². The molecule has 120 valence electrons. The number of nitrogens with two attached hydrogens (primary N) is 1. The molecule has 1 saturated heterocycles. The van der Waals surface area contributed by atoms with Crippen molar-refractivity contribution in [2.75, 3.05) is 19.7 Å². The second kappa shape index (κ2) is 7.22. The Morgan fingerprint density at radius 2 is 2.45 bits per heavy atom. The van der Waals surface area contributed by atoms with E-state index in [0.717, 1.165) is 18.5 Å². The molecule has 0 unspecified atom stereocenters. The predicted molar refractivity (Wildman–Crippen MR) is 81.3 cm³/mol. The first-order chi connectivity index (χ1) is 10.5. The summed E-state index contributed by atoms with van der Waals surface area (Å²) < 4.78 is 5.39. The fraction of sp³-hybridized carbons (Fsp3) is 0.533. The Labute approximate surface area is 129 Å². The Kier molecular flexibility index (Phi) is 5.32. The Morgan fingerprint density at radius 1 is 1.68 bits per heavy atom. The highest BCUT2D eigenvalue weighted by Crippen LogP contribution is 2.26. The monoisotopic (exact) mass is 306 g/mol. The topological polar surface area (TPSA) is 101 Å². The summed E-state index contributed by atoms with van der Waals surface area (Å²) in [6, 6.07) is 1.67. The number of H-pyrrole nitrogens is 1. The summed E-state index contributed by atoms with van der Waals surface area (Å²) in [6.07, 6.45) is 2.97. The molecule has 1 aliphatic heterocycles. The summed E-state index contributed by atoms with van der Waals surface area (Å²) in [6.45, 7) is 6.98. The molecule has 0 saturated carbocycles. The Morgan fingerprint density at radius 3 is 3.09 bits per heavy atom. The van der Waals surface area contributed by atoms with Crippen LogP contribution < -0.4 is 5.73 Å². The second-order valence-electron chi connectivity index (χ2n) is 5.46. The molecule has 7 nitrogen and oxygen atoms in total. The van der Waals surface area contributed by atoms with Gasteiger partial charge in [-0.1, -0.05) is 6.08 Å². The summed E-state index contributed by atoms with van der Waals surface area (Å²) >= 11 is 0. The van der Waals surface area contributed by atoms with Gasteiger partial charge in [0.05, 0.1) is 6.61 Å². The number of piperidine rings is 1. The molecule has 2 amide bonds. The number of primary amides is 1. The Balaban J connectivity index is 2.00. The third-order valence-electron chi connectivity index (χ3n) is 3.83. The highest BCUT2D eigenvalue weighted by molar-refractivity contribution is 5.90. The van der Waals surface area contributed by atoms with Crippen LogP contribution in [0.1, 0.15) is 41.9 Å². The van der Waals surface area contributed by atoms with Gasteiger partial charge in [0.1, 0.15) is 11.8 Å². The molecule has 1 aromatic rings. The Bertz CT molecular complexity index is 555. The summed E-state index contributed by atoms with van der Waals surface area (Å²) in [5.41, 5.74) is 6.27. The first kappa shape index (κ1) is 16.2. The van der Waals surface area contributed by atoms with Crippen LogP contribution in [-0.2, 0) is 9.53 Å². The molecule has 2 heterocycles. The van der Waals surface area contributed by atoms with Crippen LogP contribution >= 0.6 is 0 Å². The van der Waals surface area contributed by atoms with E-state index in [2.05, 4.69) is 16.8 Å². The molecule has 0 aromatic carbocycles. The first-order valence-corrected chi connectivity index (χ1v) is 7.39. The summed E-state index contributed by atoms with van der Waals surface area (Å²) in [7, 11) is 0. The molecule has 1 aromatic heterocycles. The average Bonchev–Trinajstić information content (AvgIpc) is 3.02. The molecular formula is C15H22N4O3. The smallest absolute Gasteiger partial charge is 0.269 e. The molecule has 2 rings (SSSR count). The van der Waals surface area contributed by atoms with E-state index in [1.54, 1.807) is 24.0 Å². The highest BCUT2D eigenvalue weighted by Gasteiger charge is 2.29. The number of carbonyl (C=O) groups excluding carboxylic acids is 2. The number of likely N-dealkylation sites (tertiary alicyclic amines) is 1. The number of aromatic nitrogens is 2. The number of rotatable bonds is 6. The average molecular weight is 306 g/mol. The molecule has 2 atom stereocenters. The zero-order valence-electron chi connectivity index (χ0n) is 12.7. The number of hydrogen-bond acceptors (Lipinski definition) is 4. The largest absolute Gasteiger partial charge is 0.365 e. The number of nitrogens with zero attached hydrogens (tertiary/aromatic N) is 2. The van der Waals surface area contributed by atoms with Gasteiger partial charge in [-0.05, 0) is 25.8 Å². The fourth-order valence-corrected chi connectivity index (χ4v) is 2.64. The van der Waals surface area contributed by atoms with Gasteiger partial charge in [-0.15, -0.1) is 6.58 Å². The van der Waals surface area contributed by atoms with E-state index in [-0.39, 0.29) is 17.5 Å². The van der Waals surface area contributed by atoms with E-state index < -0.39 is 12.0 Å². The van der Waals surface area contributed by atoms with Crippen molar-refractivity contribution < 1.29 is 14.3 Å². The van der Waals surface area contributed by atoms with Gasteiger partial charge in [-0.2, -0.15) is 5.10 Å². The second-order valence-corrected chi connectivity index (χ2v) is 5.46. The van der Waals surface area contributed by atoms with Crippen molar-refractivity contribution in [1.29, 1.82) is 0 Å². The summed E-state index contributed by atoms with van der Waals surface area (Å²) in [4.78, 5) is 25.3. The molecule has 0 spiro atoms. The van der Waals surface area contributed by atoms with Gasteiger partial charge in [0.15, 0.2) is 0 Å². The van der Waals surface area contributed by atoms with Crippen molar-refractivity contribution in [3.8, 4) is 0 Å². The number of hydrogen-bond donors (Lipinski definition) is 2. The standard InChI is InChI=1S/C15H22N4O3/c1-3-7-22-10(2)15(21)19-6-4-5-11(9-19)12-8-13(14(16)20)18-17-12/h3,8,10-11H,1,4-7,9H2,2H3,(H2,16,20)(H,17,18)/t10-,11-/m0/s1. The van der Waals surface area contributed by atoms with E-state index in [9.17, 15) is 9.59 Å². The number of ether oxygens (including phenoxy) is 1. The zero-order chi connectivity index (χ0) is 16.1. The third kappa shape index (κ3) is 3.73. The minimum absolute atomic E-state index is 0.0267. The maximum Gasteiger partial charge on any atom is 0.269 e. The summed E-state index contributed by atoms with van der Waals surface area (Å²) in [5, 5.41) is 6.74. The van der Waals surface area contributed by atoms with Crippen molar-refractivity contribution in [1.82, 2.24) is 15.1 Å². The quantitative estimate of drug-likeness (QED) is 0.759. The van der Waals surface area contributed by atoms with Gasteiger partial charge in [0.2, 0.25) is 0 Å². The van der Waals surface area contributed by atoms with Crippen molar-refractivity contribution >= 4 is 11.8 Å². The number of amides is 2. The SMILES string of the molecule is C=CCO[C@@H](C)C(=O)N1CCC[C@H](c2cc(C(N)=O)n[nH]2)C1. The molecule has 0 radical (unpaired) electrons. The van der Waals surface area contributed by atoms with Crippen LogP contribution in [0.3, 0.4) is 0 Å². The van der Waals surface area contributed by atoms with E-state index in [1.165, 1.54) is 0 Å². The zero-order valence-corrected chi connectivity index (χ0v) is 12.7. The van der Waals surface area contributed by atoms with Crippen LogP contribution in [0.5, 0.6) is 0 Å². The number of carbonyl (C=O) groups is 2. The lowest BCUT2D eigenvalue weighted by atomic mass is 9.94. The predicted octanol–water partition coefficient (Wildman–Crippen LogP) is 0.806. The molecule has 1 aliphatic rings. The lowest BCUT2D eigenvalue weighted by Crippen LogP contribution is -2.44. The number of nitrogens with one attached hydrogen (secondary N) is 1. The molecule has 3 N–H and O–H groups in total. The van der Waals surface area contributed by atoms with Gasteiger partial charge in [-0.25, -0.2) is 0 Å². The minimum Gasteiger partial charge on any atom is -0.365 e. The Hall–Kier alpha value is -2.15. The maximum absolute atomic E-state index is 12.4. The maximum atomic E-state index is 12.4. The molecular weight excluding hydrogens is 284 g/mol. The van der Waals surface area contributed by atoms with Gasteiger partial charge in [0, 0.05) is 24.7 Å². The minimum atomic E-state index is -0.558. The van der Waals surface area contributed by atoms with E-state index in [1.807, 2.05) is 0 Å². The lowest BCUT2D eigenvalue weighted by Gasteiger charge is -2.33. The van der Waals surface area contributed by atoms with Crippen molar-refractivity contribution in [2.24, 2.45) is 5.73 Å². The van der Waals surface area contributed by atoms with Gasteiger partial charge in [0.25, 0.3) is 11.8 Å². The van der Waals surface area contributed by atoms with Crippen LogP contribution in [-0.4, -0.2) is 52.7 Å². The molecule has 7 heteroatoms. The van der Waals surface area contributed by atoms with E-state index in [4.69, 9.17) is 10.5 Å². The van der Waals surface area contributed by atoms with Crippen LogP contribution in [0.15, 0.2) is 18.7 Å². The highest BCUT2D eigenvalue weighted by atomic mass is 16.5. The lowest BCUT2D eigenvalue weighted by molar-refractivity contribution is -0.143. The van der Waals surface area contributed by atoms with Gasteiger partial charge >= 0.3 is 0 Å². The van der Waals surface area contributed by atoms with Gasteiger partial charge < -0.3 is 15.4 Å². The normalized spacial score (nSPS) is 19.7. The van der Waals surface area contributed by atoms with E-state index in [0.29, 0.717) is 19.7 Å². The molecule has 1 fully saturated rings. The molecule has 0 bridgehead atoms. The molecule has 22 heavy (non-hydrogen) atoms. The van der Waals surface area contributed by atoms with Crippen molar-refractivity contribution in [3.05, 3.63) is 30.1 Å². The molecule has 0 aliphatic carbocycles. The van der Waals surface area contributed by atoms with Crippen molar-refractivity contribution in [3.63, 3.8) is 0 Å². The first-order valence-electron chi connectivity index (χ1n) is 7.39. The van der Waals surface area contributed by atoms with Crippen molar-refractivity contribution in [2.45, 2.75) is 31.8 Å². The van der Waals surface area contributed by atoms with Gasteiger partial charge in [-0.3, -0.25) is 14.7 Å².